The first kappa shape index (κ1) is 22.2. The van der Waals surface area contributed by atoms with Gasteiger partial charge >= 0.3 is 0 Å². The molecule has 1 aromatic carbocycles. The number of aromatic amines is 1. The SMILES string of the molecule is C#CN=C(N)Nc1[nH]c2ccccc2c1CN.C=C/C=C\C/C(=C\C)SC. The summed E-state index contributed by atoms with van der Waals surface area (Å²) in [5, 5.41) is 3.96. The molecule has 2 rings (SSSR count). The molecule has 0 aliphatic heterocycles. The molecule has 0 spiro atoms. The van der Waals surface area contributed by atoms with E-state index >= 15 is 0 Å². The van der Waals surface area contributed by atoms with Gasteiger partial charge in [0.05, 0.1) is 0 Å². The molecule has 0 bridgehead atoms. The third-order valence-electron chi connectivity index (χ3n) is 3.63. The Kier molecular flexibility index (Phi) is 10.2. The molecule has 0 unspecified atom stereocenters. The van der Waals surface area contributed by atoms with E-state index in [0.717, 1.165) is 28.7 Å². The van der Waals surface area contributed by atoms with Crippen LogP contribution in [0.15, 0.2) is 65.0 Å². The molecule has 0 aliphatic rings. The van der Waals surface area contributed by atoms with Crippen LogP contribution in [0.5, 0.6) is 0 Å². The van der Waals surface area contributed by atoms with Gasteiger partial charge in [-0.1, -0.05) is 55.5 Å². The summed E-state index contributed by atoms with van der Waals surface area (Å²) in [5.74, 6) is 0.888. The van der Waals surface area contributed by atoms with E-state index in [-0.39, 0.29) is 5.96 Å². The number of guanidine groups is 1. The normalized spacial score (nSPS) is 11.8. The summed E-state index contributed by atoms with van der Waals surface area (Å²) in [5.41, 5.74) is 13.3. The lowest BCUT2D eigenvalue weighted by Gasteiger charge is -2.04. The van der Waals surface area contributed by atoms with Gasteiger partial charge in [-0.2, -0.15) is 4.99 Å². The van der Waals surface area contributed by atoms with E-state index in [1.807, 2.05) is 30.3 Å². The second kappa shape index (κ2) is 12.5. The molecule has 6 heteroatoms. The summed E-state index contributed by atoms with van der Waals surface area (Å²) in [6.07, 6.45) is 16.2. The Balaban J connectivity index is 0.000000314. The zero-order chi connectivity index (χ0) is 20.1. The third kappa shape index (κ3) is 7.10. The summed E-state index contributed by atoms with van der Waals surface area (Å²) in [4.78, 5) is 8.20. The molecule has 0 saturated heterocycles. The maximum atomic E-state index is 5.73. The van der Waals surface area contributed by atoms with Gasteiger partial charge in [0.1, 0.15) is 5.82 Å². The Labute approximate surface area is 165 Å². The molecule has 1 aromatic heterocycles. The first-order valence-electron chi connectivity index (χ1n) is 8.43. The van der Waals surface area contributed by atoms with Crippen molar-refractivity contribution < 1.29 is 0 Å². The van der Waals surface area contributed by atoms with Gasteiger partial charge in [0.15, 0.2) is 0 Å². The predicted molar refractivity (Wildman–Crippen MR) is 121 cm³/mol. The van der Waals surface area contributed by atoms with Crippen LogP contribution >= 0.6 is 11.8 Å². The van der Waals surface area contributed by atoms with E-state index < -0.39 is 0 Å². The molecule has 142 valence electrons. The van der Waals surface area contributed by atoms with Gasteiger partial charge < -0.3 is 21.8 Å². The maximum Gasteiger partial charge on any atom is 0.208 e. The van der Waals surface area contributed by atoms with Crippen molar-refractivity contribution in [3.05, 3.63) is 65.6 Å². The van der Waals surface area contributed by atoms with Crippen molar-refractivity contribution in [1.29, 1.82) is 0 Å². The van der Waals surface area contributed by atoms with Crippen LogP contribution in [0.4, 0.5) is 5.82 Å². The first-order chi connectivity index (χ1) is 13.1. The number of terminal acetylenes is 1. The van der Waals surface area contributed by atoms with Crippen LogP contribution in [-0.2, 0) is 6.54 Å². The van der Waals surface area contributed by atoms with Gasteiger partial charge in [-0.05, 0) is 30.6 Å². The Hall–Kier alpha value is -2.88. The Morgan fingerprint density at radius 2 is 2.19 bits per heavy atom. The molecule has 0 fully saturated rings. The second-order valence-corrected chi connectivity index (χ2v) is 6.24. The fraction of sp³-hybridized carbons (Fsp3) is 0.190. The van der Waals surface area contributed by atoms with Gasteiger partial charge in [0.25, 0.3) is 0 Å². The minimum absolute atomic E-state index is 0.161. The standard InChI is InChI=1S/C12H13N5.C9H14S/c1-2-15-12(14)17-11-9(7-13)8-5-3-4-6-10(8)16-11;1-4-6-7-8-9(5-2)10-3/h1,3-6,16H,7,13H2,(H3,14,15,17);4-7H,1,8H2,2-3H3/b;7-6-,9-5+. The smallest absolute Gasteiger partial charge is 0.208 e. The number of benzene rings is 1. The molecule has 0 aliphatic carbocycles. The lowest BCUT2D eigenvalue weighted by molar-refractivity contribution is 1.09. The summed E-state index contributed by atoms with van der Waals surface area (Å²) in [6.45, 7) is 6.06. The molecule has 0 amide bonds. The number of H-pyrrole nitrogens is 1. The highest BCUT2D eigenvalue weighted by molar-refractivity contribution is 8.02. The minimum atomic E-state index is 0.161. The van der Waals surface area contributed by atoms with Gasteiger partial charge in [0.2, 0.25) is 5.96 Å². The average Bonchev–Trinajstić information content (AvgIpc) is 3.03. The molecule has 27 heavy (non-hydrogen) atoms. The molecule has 2 aromatic rings. The molecule has 0 radical (unpaired) electrons. The minimum Gasteiger partial charge on any atom is -0.369 e. The number of aromatic nitrogens is 1. The number of hydrogen-bond acceptors (Lipinski definition) is 3. The Bertz CT molecular complexity index is 868. The van der Waals surface area contributed by atoms with Crippen molar-refractivity contribution in [1.82, 2.24) is 4.98 Å². The third-order valence-corrected chi connectivity index (χ3v) is 4.56. The van der Waals surface area contributed by atoms with Gasteiger partial charge in [-0.3, -0.25) is 0 Å². The van der Waals surface area contributed by atoms with E-state index in [0.29, 0.717) is 6.54 Å². The highest BCUT2D eigenvalue weighted by atomic mass is 32.2. The molecule has 1 heterocycles. The van der Waals surface area contributed by atoms with E-state index in [9.17, 15) is 0 Å². The molecule has 0 atom stereocenters. The Morgan fingerprint density at radius 1 is 1.44 bits per heavy atom. The van der Waals surface area contributed by atoms with Crippen molar-refractivity contribution >= 4 is 34.4 Å². The zero-order valence-electron chi connectivity index (χ0n) is 15.8. The van der Waals surface area contributed by atoms with E-state index in [4.69, 9.17) is 17.9 Å². The number of nitrogens with one attached hydrogen (secondary N) is 2. The van der Waals surface area contributed by atoms with Crippen LogP contribution in [0, 0.1) is 12.5 Å². The lowest BCUT2D eigenvalue weighted by Crippen LogP contribution is -2.23. The highest BCUT2D eigenvalue weighted by Gasteiger charge is 2.09. The molecular weight excluding hydrogens is 354 g/mol. The van der Waals surface area contributed by atoms with Gasteiger partial charge in [-0.25, -0.2) is 0 Å². The number of allylic oxidation sites excluding steroid dienone is 5. The molecule has 0 saturated carbocycles. The summed E-state index contributed by atoms with van der Waals surface area (Å²) in [6, 6.07) is 9.98. The number of rotatable bonds is 6. The number of nitrogens with two attached hydrogens (primary N) is 2. The van der Waals surface area contributed by atoms with Crippen molar-refractivity contribution in [2.45, 2.75) is 19.9 Å². The quantitative estimate of drug-likeness (QED) is 0.259. The number of aliphatic imine (C=N–C) groups is 1. The van der Waals surface area contributed by atoms with Crippen LogP contribution < -0.4 is 16.8 Å². The fourth-order valence-corrected chi connectivity index (χ4v) is 2.84. The fourth-order valence-electron chi connectivity index (χ4n) is 2.34. The zero-order valence-corrected chi connectivity index (χ0v) is 16.6. The van der Waals surface area contributed by atoms with E-state index in [1.54, 1.807) is 17.8 Å². The summed E-state index contributed by atoms with van der Waals surface area (Å²) in [7, 11) is 0. The van der Waals surface area contributed by atoms with E-state index in [1.165, 1.54) is 4.91 Å². The van der Waals surface area contributed by atoms with Gasteiger partial charge in [-0.15, -0.1) is 11.8 Å². The molecule has 6 N–H and O–H groups in total. The number of para-hydroxylation sites is 1. The largest absolute Gasteiger partial charge is 0.369 e. The number of anilines is 1. The monoisotopic (exact) mass is 381 g/mol. The van der Waals surface area contributed by atoms with Crippen molar-refractivity contribution in [2.24, 2.45) is 16.5 Å². The number of thioether (sulfide) groups is 1. The molecular formula is C21H27N5S. The maximum absolute atomic E-state index is 5.73. The lowest BCUT2D eigenvalue weighted by atomic mass is 10.1. The first-order valence-corrected chi connectivity index (χ1v) is 9.65. The summed E-state index contributed by atoms with van der Waals surface area (Å²) < 4.78 is 0. The van der Waals surface area contributed by atoms with Crippen molar-refractivity contribution in [3.8, 4) is 12.5 Å². The molecule has 5 nitrogen and oxygen atoms in total. The van der Waals surface area contributed by atoms with Crippen molar-refractivity contribution in [3.63, 3.8) is 0 Å². The summed E-state index contributed by atoms with van der Waals surface area (Å²) >= 11 is 1.80. The average molecular weight is 382 g/mol. The Morgan fingerprint density at radius 3 is 2.78 bits per heavy atom. The van der Waals surface area contributed by atoms with E-state index in [2.05, 4.69) is 53.2 Å². The predicted octanol–water partition coefficient (Wildman–Crippen LogP) is 4.33. The van der Waals surface area contributed by atoms with Crippen LogP contribution in [0.3, 0.4) is 0 Å². The number of hydrogen-bond donors (Lipinski definition) is 4. The topological polar surface area (TPSA) is 92.2 Å². The number of nitrogens with zero attached hydrogens (tertiary/aromatic N) is 1. The van der Waals surface area contributed by atoms with Gasteiger partial charge in [0, 0.05) is 29.1 Å². The van der Waals surface area contributed by atoms with Crippen LogP contribution in [0.25, 0.3) is 10.9 Å². The highest BCUT2D eigenvalue weighted by Crippen LogP contribution is 2.25. The van der Waals surface area contributed by atoms with Crippen LogP contribution in [0.2, 0.25) is 0 Å². The second-order valence-electron chi connectivity index (χ2n) is 5.31. The van der Waals surface area contributed by atoms with Crippen molar-refractivity contribution in [2.75, 3.05) is 11.6 Å². The number of fused-ring (bicyclic) bond motifs is 1. The van der Waals surface area contributed by atoms with Crippen LogP contribution in [-0.4, -0.2) is 17.2 Å². The van der Waals surface area contributed by atoms with Crippen LogP contribution in [0.1, 0.15) is 18.9 Å².